The number of aromatic nitrogens is 4. The molecule has 3 rings (SSSR count). The van der Waals surface area contributed by atoms with Crippen LogP contribution < -0.4 is 33.2 Å². The summed E-state index contributed by atoms with van der Waals surface area (Å²) in [5, 5.41) is 27.0. The van der Waals surface area contributed by atoms with Gasteiger partial charge in [0, 0.05) is 49.6 Å². The van der Waals surface area contributed by atoms with Gasteiger partial charge in [-0.25, -0.2) is 14.8 Å². The minimum absolute atomic E-state index is 0.00467. The van der Waals surface area contributed by atoms with Crippen LogP contribution in [-0.2, 0) is 38.4 Å². The number of H-pyrrole nitrogens is 2. The molecule has 17 heteroatoms. The fourth-order valence-corrected chi connectivity index (χ4v) is 4.22. The molecule has 0 fully saturated rings. The minimum Gasteiger partial charge on any atom is -0.508 e. The Balaban J connectivity index is 1.76. The number of rotatable bonds is 17. The van der Waals surface area contributed by atoms with E-state index in [0.717, 1.165) is 0 Å². The molecule has 0 aliphatic rings. The summed E-state index contributed by atoms with van der Waals surface area (Å²) in [4.78, 5) is 69.3. The van der Waals surface area contributed by atoms with Gasteiger partial charge in [0.1, 0.15) is 23.9 Å². The number of phenolic OH excluding ortho intramolecular Hbond substituents is 1. The maximum Gasteiger partial charge on any atom is 0.326 e. The molecule has 0 saturated carbocycles. The molecule has 44 heavy (non-hydrogen) atoms. The highest BCUT2D eigenvalue weighted by atomic mass is 16.4. The quantitative estimate of drug-likeness (QED) is 0.0443. The van der Waals surface area contributed by atoms with E-state index in [0.29, 0.717) is 17.0 Å². The number of benzene rings is 1. The van der Waals surface area contributed by atoms with Crippen molar-refractivity contribution in [1.29, 1.82) is 0 Å². The molecule has 0 spiro atoms. The van der Waals surface area contributed by atoms with Crippen LogP contribution in [0.3, 0.4) is 0 Å². The normalized spacial score (nSPS) is 13.6. The van der Waals surface area contributed by atoms with Gasteiger partial charge in [0.25, 0.3) is 0 Å². The first-order chi connectivity index (χ1) is 21.0. The van der Waals surface area contributed by atoms with Gasteiger partial charge >= 0.3 is 5.97 Å². The molecule has 236 valence electrons. The highest BCUT2D eigenvalue weighted by Crippen LogP contribution is 2.12. The fourth-order valence-electron chi connectivity index (χ4n) is 4.22. The molecule has 3 aromatic rings. The van der Waals surface area contributed by atoms with Gasteiger partial charge in [0.05, 0.1) is 18.7 Å². The number of nitrogens with two attached hydrogens (primary N) is 3. The van der Waals surface area contributed by atoms with Crippen molar-refractivity contribution in [3.05, 3.63) is 66.3 Å². The number of aromatic hydroxyl groups is 1. The zero-order chi connectivity index (χ0) is 32.1. The highest BCUT2D eigenvalue weighted by Gasteiger charge is 2.31. The van der Waals surface area contributed by atoms with Gasteiger partial charge in [-0.05, 0) is 30.5 Å². The molecule has 0 saturated heterocycles. The SMILES string of the molecule is NC(N)=NCCCC(NC(=O)C(Cc1cnc[nH]1)NC(=O)C(N)Cc1cnc[nH]1)C(=O)NC(Cc1ccc(O)cc1)C(=O)O. The van der Waals surface area contributed by atoms with Crippen LogP contribution in [0.1, 0.15) is 29.8 Å². The molecule has 0 aliphatic carbocycles. The monoisotopic (exact) mass is 611 g/mol. The van der Waals surface area contributed by atoms with Crippen LogP contribution in [0.5, 0.6) is 5.75 Å². The Kier molecular flexibility index (Phi) is 12.2. The molecular formula is C27H37N11O6. The van der Waals surface area contributed by atoms with Crippen LogP contribution in [0.2, 0.25) is 0 Å². The van der Waals surface area contributed by atoms with Crippen LogP contribution in [-0.4, -0.2) is 90.5 Å². The van der Waals surface area contributed by atoms with E-state index >= 15 is 0 Å². The minimum atomic E-state index is -1.34. The lowest BCUT2D eigenvalue weighted by Crippen LogP contribution is -2.58. The smallest absolute Gasteiger partial charge is 0.326 e. The van der Waals surface area contributed by atoms with Gasteiger partial charge in [-0.3, -0.25) is 19.4 Å². The lowest BCUT2D eigenvalue weighted by atomic mass is 10.0. The second kappa shape index (κ2) is 16.3. The number of nitrogens with zero attached hydrogens (tertiary/aromatic N) is 3. The molecule has 3 amide bonds. The molecule has 2 heterocycles. The van der Waals surface area contributed by atoms with Gasteiger partial charge in [-0.15, -0.1) is 0 Å². The average Bonchev–Trinajstić information content (AvgIpc) is 3.69. The van der Waals surface area contributed by atoms with Crippen molar-refractivity contribution in [2.75, 3.05) is 6.54 Å². The van der Waals surface area contributed by atoms with Gasteiger partial charge in [-0.1, -0.05) is 12.1 Å². The largest absolute Gasteiger partial charge is 0.508 e. The number of phenols is 1. The van der Waals surface area contributed by atoms with E-state index in [2.05, 4.69) is 40.9 Å². The van der Waals surface area contributed by atoms with Crippen molar-refractivity contribution in [3.63, 3.8) is 0 Å². The summed E-state index contributed by atoms with van der Waals surface area (Å²) in [6.45, 7) is 0.147. The molecule has 4 atom stereocenters. The number of nitrogens with one attached hydrogen (secondary N) is 5. The Morgan fingerprint density at radius 2 is 1.39 bits per heavy atom. The molecule has 4 unspecified atom stereocenters. The average molecular weight is 612 g/mol. The molecule has 0 radical (unpaired) electrons. The molecular weight excluding hydrogens is 574 g/mol. The molecule has 0 aliphatic heterocycles. The molecule has 1 aromatic carbocycles. The number of aromatic amines is 2. The van der Waals surface area contributed by atoms with Gasteiger partial charge in [-0.2, -0.15) is 0 Å². The third-order valence-corrected chi connectivity index (χ3v) is 6.51. The maximum atomic E-state index is 13.5. The van der Waals surface area contributed by atoms with Crippen LogP contribution in [0.15, 0.2) is 54.3 Å². The summed E-state index contributed by atoms with van der Waals surface area (Å²) < 4.78 is 0. The van der Waals surface area contributed by atoms with Crippen LogP contribution in [0.4, 0.5) is 0 Å². The van der Waals surface area contributed by atoms with E-state index in [1.165, 1.54) is 49.3 Å². The van der Waals surface area contributed by atoms with E-state index in [4.69, 9.17) is 17.2 Å². The number of hydrogen-bond donors (Lipinski definition) is 10. The summed E-state index contributed by atoms with van der Waals surface area (Å²) in [5.41, 5.74) is 18.5. The Hall–Kier alpha value is -5.45. The fraction of sp³-hybridized carbons (Fsp3) is 0.370. The second-order valence-corrected chi connectivity index (χ2v) is 10.0. The van der Waals surface area contributed by atoms with E-state index < -0.39 is 47.9 Å². The van der Waals surface area contributed by atoms with Crippen molar-refractivity contribution >= 4 is 29.7 Å². The molecule has 2 aromatic heterocycles. The second-order valence-electron chi connectivity index (χ2n) is 10.0. The topological polar surface area (TPSA) is 293 Å². The number of carbonyl (C=O) groups is 4. The Morgan fingerprint density at radius 3 is 1.95 bits per heavy atom. The summed E-state index contributed by atoms with van der Waals surface area (Å²) in [5.74, 6) is -3.54. The number of imidazole rings is 2. The van der Waals surface area contributed by atoms with Crippen LogP contribution in [0.25, 0.3) is 0 Å². The highest BCUT2D eigenvalue weighted by molar-refractivity contribution is 5.94. The number of carboxylic acid groups (broad SMARTS) is 1. The number of guanidine groups is 1. The summed E-state index contributed by atoms with van der Waals surface area (Å²) in [6, 6.07) is 1.13. The summed E-state index contributed by atoms with van der Waals surface area (Å²) in [6.07, 6.45) is 6.23. The lowest BCUT2D eigenvalue weighted by molar-refractivity contribution is -0.142. The third kappa shape index (κ3) is 10.8. The number of aliphatic imine (C=N–C) groups is 1. The Morgan fingerprint density at radius 1 is 0.818 bits per heavy atom. The van der Waals surface area contributed by atoms with Crippen LogP contribution in [0, 0.1) is 0 Å². The summed E-state index contributed by atoms with van der Waals surface area (Å²) >= 11 is 0. The van der Waals surface area contributed by atoms with Crippen molar-refractivity contribution in [3.8, 4) is 5.75 Å². The van der Waals surface area contributed by atoms with Crippen LogP contribution >= 0.6 is 0 Å². The standard InChI is InChI=1S/C27H37N11O6/c28-19(9-16-11-31-13-34-16)23(40)37-21(10-17-12-32-14-35-17)25(42)36-20(2-1-7-33-27(29)30)24(41)38-22(26(43)44)8-15-3-5-18(39)6-4-15/h3-6,11-14,19-22,39H,1-2,7-10,28H2,(H,31,34)(H,32,35)(H,36,42)(H,37,40)(H,38,41)(H,43,44)(H4,29,30,33). The first-order valence-corrected chi connectivity index (χ1v) is 13.7. The van der Waals surface area contributed by atoms with Gasteiger partial charge in [0.15, 0.2) is 5.96 Å². The summed E-state index contributed by atoms with van der Waals surface area (Å²) in [7, 11) is 0. The number of carboxylic acids is 1. The number of aliphatic carboxylic acids is 1. The van der Waals surface area contributed by atoms with Gasteiger partial charge in [0.2, 0.25) is 17.7 Å². The van der Waals surface area contributed by atoms with Crippen molar-refractivity contribution in [1.82, 2.24) is 35.9 Å². The van der Waals surface area contributed by atoms with Gasteiger partial charge < -0.3 is 53.3 Å². The predicted octanol–water partition coefficient (Wildman–Crippen LogP) is -2.21. The van der Waals surface area contributed by atoms with E-state index in [1.807, 2.05) is 0 Å². The van der Waals surface area contributed by atoms with E-state index in [1.54, 1.807) is 0 Å². The van der Waals surface area contributed by atoms with E-state index in [-0.39, 0.29) is 50.4 Å². The first kappa shape index (κ1) is 33.1. The molecule has 0 bridgehead atoms. The zero-order valence-electron chi connectivity index (χ0n) is 23.8. The number of amides is 3. The lowest BCUT2D eigenvalue weighted by Gasteiger charge is -2.25. The Labute approximate surface area is 252 Å². The maximum absolute atomic E-state index is 13.5. The Bertz CT molecular complexity index is 1390. The zero-order valence-corrected chi connectivity index (χ0v) is 23.8. The third-order valence-electron chi connectivity index (χ3n) is 6.51. The molecule has 13 N–H and O–H groups in total. The molecule has 17 nitrogen and oxygen atoms in total. The van der Waals surface area contributed by atoms with Crippen molar-refractivity contribution < 1.29 is 29.4 Å². The predicted molar refractivity (Wildman–Crippen MR) is 158 cm³/mol. The van der Waals surface area contributed by atoms with Crippen molar-refractivity contribution in [2.45, 2.75) is 56.3 Å². The van der Waals surface area contributed by atoms with Crippen molar-refractivity contribution in [2.24, 2.45) is 22.2 Å². The number of carbonyl (C=O) groups excluding carboxylic acids is 3. The number of hydrogen-bond acceptors (Lipinski definition) is 9. The van der Waals surface area contributed by atoms with E-state index in [9.17, 15) is 29.4 Å². The first-order valence-electron chi connectivity index (χ1n) is 13.7.